The lowest BCUT2D eigenvalue weighted by Gasteiger charge is -2.29. The number of halogens is 1. The number of rotatable bonds is 3. The highest BCUT2D eigenvalue weighted by molar-refractivity contribution is 6.30. The molecular weight excluding hydrogens is 388 g/mol. The zero-order valence-electron chi connectivity index (χ0n) is 16.2. The van der Waals surface area contributed by atoms with Gasteiger partial charge in [0.15, 0.2) is 5.69 Å². The smallest absolute Gasteiger partial charge is 0.274 e. The van der Waals surface area contributed by atoms with Crippen LogP contribution < -0.4 is 0 Å². The van der Waals surface area contributed by atoms with Crippen LogP contribution in [-0.4, -0.2) is 57.9 Å². The van der Waals surface area contributed by atoms with Crippen LogP contribution in [0, 0.1) is 0 Å². The molecule has 0 aliphatic carbocycles. The Labute approximate surface area is 174 Å². The highest BCUT2D eigenvalue weighted by Crippen LogP contribution is 2.24. The number of benzene rings is 1. The number of ether oxygens (including phenoxy) is 1. The van der Waals surface area contributed by atoms with Crippen LogP contribution in [0.3, 0.4) is 0 Å². The molecule has 0 bridgehead atoms. The van der Waals surface area contributed by atoms with E-state index in [0.29, 0.717) is 43.6 Å². The van der Waals surface area contributed by atoms with E-state index in [1.807, 2.05) is 33.7 Å². The number of nitrogens with zero attached hydrogens (tertiary/aromatic N) is 4. The second kappa shape index (κ2) is 7.78. The lowest BCUT2D eigenvalue weighted by Crippen LogP contribution is -2.38. The maximum absolute atomic E-state index is 13.5. The molecule has 1 saturated heterocycles. The molecule has 2 aliphatic heterocycles. The lowest BCUT2D eigenvalue weighted by atomic mass is 9.99. The predicted molar refractivity (Wildman–Crippen MR) is 111 cm³/mol. The number of imidazole rings is 1. The van der Waals surface area contributed by atoms with Crippen molar-refractivity contribution in [2.45, 2.75) is 19.5 Å². The summed E-state index contributed by atoms with van der Waals surface area (Å²) in [6, 6.07) is 12.0. The molecule has 1 fully saturated rings. The standard InChI is InChI=1S/C22H23ClN4O2/c23-18-5-6-20-24-21(19(27(20)14-18)15-25-9-11-29-12-10-25)22(28)26-8-7-16-3-1-2-4-17(16)13-26/h1-6,14H,7-13,15H2. The predicted octanol–water partition coefficient (Wildman–Crippen LogP) is 3.02. The van der Waals surface area contributed by atoms with Gasteiger partial charge in [-0.15, -0.1) is 0 Å². The largest absolute Gasteiger partial charge is 0.379 e. The van der Waals surface area contributed by atoms with Crippen molar-refractivity contribution in [3.63, 3.8) is 0 Å². The fourth-order valence-electron chi connectivity index (χ4n) is 4.18. The van der Waals surface area contributed by atoms with Crippen molar-refractivity contribution in [1.29, 1.82) is 0 Å². The summed E-state index contributed by atoms with van der Waals surface area (Å²) in [5, 5.41) is 0.629. The Morgan fingerprint density at radius 3 is 2.69 bits per heavy atom. The molecule has 0 radical (unpaired) electrons. The molecular formula is C22H23ClN4O2. The average molecular weight is 411 g/mol. The van der Waals surface area contributed by atoms with Crippen LogP contribution in [0.5, 0.6) is 0 Å². The van der Waals surface area contributed by atoms with Gasteiger partial charge in [-0.05, 0) is 29.7 Å². The Morgan fingerprint density at radius 1 is 1.07 bits per heavy atom. The third-order valence-corrected chi connectivity index (χ3v) is 6.00. The van der Waals surface area contributed by atoms with Gasteiger partial charge in [-0.25, -0.2) is 4.98 Å². The van der Waals surface area contributed by atoms with E-state index in [4.69, 9.17) is 21.3 Å². The van der Waals surface area contributed by atoms with Crippen LogP contribution in [0.4, 0.5) is 0 Å². The first-order valence-electron chi connectivity index (χ1n) is 10.0. The number of pyridine rings is 1. The topological polar surface area (TPSA) is 50.1 Å². The summed E-state index contributed by atoms with van der Waals surface area (Å²) in [5.74, 6) is -0.0115. The molecule has 2 aliphatic rings. The summed E-state index contributed by atoms with van der Waals surface area (Å²) in [6.45, 7) is 5.10. The van der Waals surface area contributed by atoms with Gasteiger partial charge in [0.25, 0.3) is 5.91 Å². The molecule has 0 spiro atoms. The summed E-state index contributed by atoms with van der Waals surface area (Å²) in [4.78, 5) is 22.4. The molecule has 0 unspecified atom stereocenters. The minimum absolute atomic E-state index is 0.0115. The van der Waals surface area contributed by atoms with Crippen LogP contribution in [0.2, 0.25) is 5.02 Å². The summed E-state index contributed by atoms with van der Waals surface area (Å²) < 4.78 is 7.43. The van der Waals surface area contributed by atoms with Crippen LogP contribution in [-0.2, 0) is 24.2 Å². The fraction of sp³-hybridized carbons (Fsp3) is 0.364. The Balaban J connectivity index is 1.50. The molecule has 5 rings (SSSR count). The van der Waals surface area contributed by atoms with Crippen molar-refractivity contribution in [1.82, 2.24) is 19.2 Å². The van der Waals surface area contributed by atoms with Crippen molar-refractivity contribution < 1.29 is 9.53 Å². The van der Waals surface area contributed by atoms with E-state index in [9.17, 15) is 4.79 Å². The van der Waals surface area contributed by atoms with Gasteiger partial charge in [0, 0.05) is 38.9 Å². The minimum atomic E-state index is -0.0115. The molecule has 0 N–H and O–H groups in total. The van der Waals surface area contributed by atoms with Crippen LogP contribution in [0.15, 0.2) is 42.6 Å². The summed E-state index contributed by atoms with van der Waals surface area (Å²) >= 11 is 6.25. The number of aromatic nitrogens is 2. The Morgan fingerprint density at radius 2 is 1.86 bits per heavy atom. The van der Waals surface area contributed by atoms with Gasteiger partial charge in [-0.1, -0.05) is 35.9 Å². The molecule has 0 atom stereocenters. The Bertz CT molecular complexity index is 1060. The molecule has 1 amide bonds. The number of amides is 1. The average Bonchev–Trinajstić information content (AvgIpc) is 3.11. The molecule has 1 aromatic carbocycles. The first-order chi connectivity index (χ1) is 14.2. The van der Waals surface area contributed by atoms with E-state index in [2.05, 4.69) is 23.1 Å². The monoisotopic (exact) mass is 410 g/mol. The molecule has 150 valence electrons. The zero-order valence-corrected chi connectivity index (χ0v) is 16.9. The second-order valence-corrected chi connectivity index (χ2v) is 8.05. The third kappa shape index (κ3) is 3.64. The van der Waals surface area contributed by atoms with Gasteiger partial charge in [-0.2, -0.15) is 0 Å². The minimum Gasteiger partial charge on any atom is -0.379 e. The van der Waals surface area contributed by atoms with Crippen LogP contribution in [0.25, 0.3) is 5.65 Å². The quantitative estimate of drug-likeness (QED) is 0.666. The van der Waals surface area contributed by atoms with E-state index in [1.54, 1.807) is 0 Å². The molecule has 4 heterocycles. The maximum atomic E-state index is 13.5. The first-order valence-corrected chi connectivity index (χ1v) is 10.4. The normalized spacial score (nSPS) is 17.5. The van der Waals surface area contributed by atoms with E-state index in [1.165, 1.54) is 11.1 Å². The van der Waals surface area contributed by atoms with Crippen LogP contribution >= 0.6 is 11.6 Å². The number of fused-ring (bicyclic) bond motifs is 2. The Kier molecular flexibility index (Phi) is 4.99. The SMILES string of the molecule is O=C(c1nc2ccc(Cl)cn2c1CN1CCOCC1)N1CCc2ccccc2C1. The van der Waals surface area contributed by atoms with Gasteiger partial charge in [0.1, 0.15) is 5.65 Å². The summed E-state index contributed by atoms with van der Waals surface area (Å²) in [7, 11) is 0. The molecule has 2 aromatic heterocycles. The molecule has 6 nitrogen and oxygen atoms in total. The van der Waals surface area contributed by atoms with Gasteiger partial charge in [0.05, 0.1) is 23.9 Å². The van der Waals surface area contributed by atoms with E-state index < -0.39 is 0 Å². The van der Waals surface area contributed by atoms with Gasteiger partial charge < -0.3 is 14.0 Å². The van der Waals surface area contributed by atoms with Crippen molar-refractivity contribution in [3.05, 3.63) is 70.1 Å². The zero-order chi connectivity index (χ0) is 19.8. The maximum Gasteiger partial charge on any atom is 0.274 e. The lowest BCUT2D eigenvalue weighted by molar-refractivity contribution is 0.0333. The molecule has 0 saturated carbocycles. The molecule has 29 heavy (non-hydrogen) atoms. The highest BCUT2D eigenvalue weighted by Gasteiger charge is 2.28. The first kappa shape index (κ1) is 18.6. The van der Waals surface area contributed by atoms with E-state index >= 15 is 0 Å². The second-order valence-electron chi connectivity index (χ2n) is 7.62. The van der Waals surface area contributed by atoms with Crippen molar-refractivity contribution in [2.24, 2.45) is 0 Å². The van der Waals surface area contributed by atoms with Crippen molar-refractivity contribution in [3.8, 4) is 0 Å². The van der Waals surface area contributed by atoms with Crippen molar-refractivity contribution in [2.75, 3.05) is 32.8 Å². The van der Waals surface area contributed by atoms with E-state index in [-0.39, 0.29) is 5.91 Å². The highest BCUT2D eigenvalue weighted by atomic mass is 35.5. The number of hydrogen-bond donors (Lipinski definition) is 0. The third-order valence-electron chi connectivity index (χ3n) is 5.78. The van der Waals surface area contributed by atoms with Gasteiger partial charge in [0.2, 0.25) is 0 Å². The molecule has 3 aromatic rings. The van der Waals surface area contributed by atoms with Crippen LogP contribution in [0.1, 0.15) is 27.3 Å². The summed E-state index contributed by atoms with van der Waals surface area (Å²) in [6.07, 6.45) is 2.72. The molecule has 7 heteroatoms. The fourth-order valence-corrected chi connectivity index (χ4v) is 4.34. The van der Waals surface area contributed by atoms with E-state index in [0.717, 1.165) is 30.9 Å². The van der Waals surface area contributed by atoms with Crippen molar-refractivity contribution >= 4 is 23.2 Å². The number of hydrogen-bond acceptors (Lipinski definition) is 4. The number of carbonyl (C=O) groups is 1. The van der Waals surface area contributed by atoms with Gasteiger partial charge >= 0.3 is 0 Å². The Hall–Kier alpha value is -2.41. The summed E-state index contributed by atoms with van der Waals surface area (Å²) in [5.41, 5.74) is 4.71. The van der Waals surface area contributed by atoms with Gasteiger partial charge in [-0.3, -0.25) is 9.69 Å². The number of carbonyl (C=O) groups excluding carboxylic acids is 1. The number of morpholine rings is 1.